The molecule has 0 radical (unpaired) electrons. The molecule has 0 unspecified atom stereocenters. The number of nitrogens with one attached hydrogen (secondary N) is 1. The standard InChI is InChI=1S/C24H22BrFN4O3/c1-14-22(25)15(2)30(28-14)12-17-5-4-6-19(11-17)27-24(31)23-21(16(3)33-29-23)13-32-20-9-7-18(26)8-10-20/h4-11H,12-13H2,1-3H3,(H,27,31). The molecule has 1 N–H and O–H groups in total. The van der Waals surface area contributed by atoms with E-state index >= 15 is 0 Å². The van der Waals surface area contributed by atoms with Crippen LogP contribution in [0, 0.1) is 26.6 Å². The van der Waals surface area contributed by atoms with Crippen LogP contribution in [0.1, 0.15) is 38.8 Å². The van der Waals surface area contributed by atoms with Crippen molar-refractivity contribution in [3.63, 3.8) is 0 Å². The van der Waals surface area contributed by atoms with Crippen LogP contribution in [0.5, 0.6) is 5.75 Å². The summed E-state index contributed by atoms with van der Waals surface area (Å²) in [4.78, 5) is 12.9. The number of anilines is 1. The number of amides is 1. The molecule has 2 aromatic carbocycles. The van der Waals surface area contributed by atoms with E-state index in [1.165, 1.54) is 24.3 Å². The van der Waals surface area contributed by atoms with E-state index < -0.39 is 5.91 Å². The zero-order chi connectivity index (χ0) is 23.5. The molecule has 33 heavy (non-hydrogen) atoms. The lowest BCUT2D eigenvalue weighted by Gasteiger charge is -2.09. The highest BCUT2D eigenvalue weighted by atomic mass is 79.9. The maximum Gasteiger partial charge on any atom is 0.278 e. The second-order valence-electron chi connectivity index (χ2n) is 7.61. The minimum Gasteiger partial charge on any atom is -0.489 e. The average molecular weight is 513 g/mol. The highest BCUT2D eigenvalue weighted by Crippen LogP contribution is 2.22. The molecule has 0 spiro atoms. The van der Waals surface area contributed by atoms with Crippen molar-refractivity contribution >= 4 is 27.5 Å². The largest absolute Gasteiger partial charge is 0.489 e. The summed E-state index contributed by atoms with van der Waals surface area (Å²) in [7, 11) is 0. The third-order valence-electron chi connectivity index (χ3n) is 5.21. The van der Waals surface area contributed by atoms with Gasteiger partial charge in [0.05, 0.1) is 28.0 Å². The fourth-order valence-corrected chi connectivity index (χ4v) is 3.65. The van der Waals surface area contributed by atoms with Crippen LogP contribution >= 0.6 is 15.9 Å². The maximum absolute atomic E-state index is 13.1. The van der Waals surface area contributed by atoms with Gasteiger partial charge in [0.15, 0.2) is 5.69 Å². The Morgan fingerprint density at radius 2 is 1.94 bits per heavy atom. The molecule has 7 nitrogen and oxygen atoms in total. The number of rotatable bonds is 7. The molecule has 2 aromatic heterocycles. The van der Waals surface area contributed by atoms with Crippen molar-refractivity contribution in [1.82, 2.24) is 14.9 Å². The molecule has 0 fully saturated rings. The van der Waals surface area contributed by atoms with Crippen molar-refractivity contribution in [2.75, 3.05) is 5.32 Å². The Morgan fingerprint density at radius 3 is 2.64 bits per heavy atom. The molecule has 4 rings (SSSR count). The molecule has 0 aliphatic carbocycles. The number of nitrogens with zero attached hydrogens (tertiary/aromatic N) is 3. The summed E-state index contributed by atoms with van der Waals surface area (Å²) in [6.45, 7) is 6.29. The van der Waals surface area contributed by atoms with E-state index in [0.29, 0.717) is 29.3 Å². The SMILES string of the molecule is Cc1nn(Cc2cccc(NC(=O)c3noc(C)c3COc3ccc(F)cc3)c2)c(C)c1Br. The van der Waals surface area contributed by atoms with Crippen LogP contribution in [0.25, 0.3) is 0 Å². The summed E-state index contributed by atoms with van der Waals surface area (Å²) in [5, 5.41) is 11.3. The highest BCUT2D eigenvalue weighted by molar-refractivity contribution is 9.10. The first-order valence-electron chi connectivity index (χ1n) is 10.2. The van der Waals surface area contributed by atoms with Crippen molar-refractivity contribution < 1.29 is 18.4 Å². The van der Waals surface area contributed by atoms with Crippen molar-refractivity contribution in [3.8, 4) is 5.75 Å². The summed E-state index contributed by atoms with van der Waals surface area (Å²) in [6.07, 6.45) is 0. The predicted octanol–water partition coefficient (Wildman–Crippen LogP) is 5.58. The smallest absolute Gasteiger partial charge is 0.278 e. The Morgan fingerprint density at radius 1 is 1.18 bits per heavy atom. The van der Waals surface area contributed by atoms with Crippen molar-refractivity contribution in [3.05, 3.63) is 92.8 Å². The van der Waals surface area contributed by atoms with Crippen LogP contribution in [0.4, 0.5) is 10.1 Å². The second kappa shape index (κ2) is 9.58. The van der Waals surface area contributed by atoms with Gasteiger partial charge in [0.1, 0.15) is 23.9 Å². The number of hydrogen-bond acceptors (Lipinski definition) is 5. The quantitative estimate of drug-likeness (QED) is 0.349. The molecule has 0 saturated carbocycles. The first kappa shape index (κ1) is 22.7. The number of halogens is 2. The van der Waals surface area contributed by atoms with Crippen molar-refractivity contribution in [2.24, 2.45) is 0 Å². The van der Waals surface area contributed by atoms with Gasteiger partial charge in [-0.25, -0.2) is 4.39 Å². The third kappa shape index (κ3) is 5.14. The number of carbonyl (C=O) groups is 1. The Balaban J connectivity index is 1.47. The van der Waals surface area contributed by atoms with E-state index in [4.69, 9.17) is 9.26 Å². The van der Waals surface area contributed by atoms with E-state index in [2.05, 4.69) is 31.5 Å². The van der Waals surface area contributed by atoms with Gasteiger partial charge in [0, 0.05) is 5.69 Å². The van der Waals surface area contributed by atoms with Gasteiger partial charge in [-0.3, -0.25) is 9.48 Å². The van der Waals surface area contributed by atoms with Crippen LogP contribution in [0.15, 0.2) is 57.5 Å². The molecular weight excluding hydrogens is 491 g/mol. The molecule has 4 aromatic rings. The number of ether oxygens (including phenoxy) is 1. The van der Waals surface area contributed by atoms with E-state index in [0.717, 1.165) is 21.4 Å². The molecule has 2 heterocycles. The fourth-order valence-electron chi connectivity index (χ4n) is 3.37. The van der Waals surface area contributed by atoms with Gasteiger partial charge in [-0.15, -0.1) is 0 Å². The topological polar surface area (TPSA) is 82.2 Å². The van der Waals surface area contributed by atoms with E-state index in [1.54, 1.807) is 13.0 Å². The summed E-state index contributed by atoms with van der Waals surface area (Å²) in [5.41, 5.74) is 4.24. The zero-order valence-electron chi connectivity index (χ0n) is 18.4. The molecular formula is C24H22BrFN4O3. The molecule has 0 aliphatic heterocycles. The minimum atomic E-state index is -0.407. The van der Waals surface area contributed by atoms with Crippen LogP contribution in [-0.4, -0.2) is 20.8 Å². The monoisotopic (exact) mass is 512 g/mol. The molecule has 0 bridgehead atoms. The number of benzene rings is 2. The van der Waals surface area contributed by atoms with Crippen LogP contribution in [-0.2, 0) is 13.2 Å². The summed E-state index contributed by atoms with van der Waals surface area (Å²) in [5.74, 6) is 0.199. The third-order valence-corrected chi connectivity index (χ3v) is 6.35. The summed E-state index contributed by atoms with van der Waals surface area (Å²) < 4.78 is 26.9. The molecule has 0 saturated heterocycles. The normalized spacial score (nSPS) is 10.9. The molecule has 170 valence electrons. The van der Waals surface area contributed by atoms with Gasteiger partial charge in [-0.1, -0.05) is 17.3 Å². The Hall–Kier alpha value is -3.46. The Bertz CT molecular complexity index is 1300. The lowest BCUT2D eigenvalue weighted by atomic mass is 10.1. The van der Waals surface area contributed by atoms with E-state index in [9.17, 15) is 9.18 Å². The van der Waals surface area contributed by atoms with Crippen molar-refractivity contribution in [2.45, 2.75) is 33.9 Å². The Labute approximate surface area is 198 Å². The Kier molecular flexibility index (Phi) is 6.60. The number of aryl methyl sites for hydroxylation is 2. The van der Waals surface area contributed by atoms with Gasteiger partial charge < -0.3 is 14.6 Å². The summed E-state index contributed by atoms with van der Waals surface area (Å²) >= 11 is 3.54. The lowest BCUT2D eigenvalue weighted by Crippen LogP contribution is -2.15. The number of aromatic nitrogens is 3. The van der Waals surface area contributed by atoms with Gasteiger partial charge in [0.2, 0.25) is 0 Å². The molecule has 9 heteroatoms. The van der Waals surface area contributed by atoms with E-state index in [-0.39, 0.29) is 18.1 Å². The van der Waals surface area contributed by atoms with Crippen molar-refractivity contribution in [1.29, 1.82) is 0 Å². The zero-order valence-corrected chi connectivity index (χ0v) is 19.9. The average Bonchev–Trinajstić information content (AvgIpc) is 3.28. The van der Waals surface area contributed by atoms with E-state index in [1.807, 2.05) is 36.7 Å². The number of carbonyl (C=O) groups excluding carboxylic acids is 1. The van der Waals surface area contributed by atoms with Gasteiger partial charge in [-0.05, 0) is 78.7 Å². The predicted molar refractivity (Wildman–Crippen MR) is 125 cm³/mol. The minimum absolute atomic E-state index is 0.0660. The van der Waals surface area contributed by atoms with Gasteiger partial charge >= 0.3 is 0 Å². The van der Waals surface area contributed by atoms with Crippen LogP contribution in [0.2, 0.25) is 0 Å². The van der Waals surface area contributed by atoms with Crippen LogP contribution < -0.4 is 10.1 Å². The fraction of sp³-hybridized carbons (Fsp3) is 0.208. The second-order valence-corrected chi connectivity index (χ2v) is 8.40. The van der Waals surface area contributed by atoms with Crippen LogP contribution in [0.3, 0.4) is 0 Å². The molecule has 0 atom stereocenters. The highest BCUT2D eigenvalue weighted by Gasteiger charge is 2.21. The maximum atomic E-state index is 13.1. The molecule has 0 aliphatic rings. The summed E-state index contributed by atoms with van der Waals surface area (Å²) in [6, 6.07) is 13.2. The van der Waals surface area contributed by atoms with Gasteiger partial charge in [0.25, 0.3) is 5.91 Å². The number of hydrogen-bond donors (Lipinski definition) is 1. The molecule has 1 amide bonds. The van der Waals surface area contributed by atoms with Gasteiger partial charge in [-0.2, -0.15) is 5.10 Å². The first-order valence-corrected chi connectivity index (χ1v) is 11.0. The lowest BCUT2D eigenvalue weighted by molar-refractivity contribution is 0.101. The first-order chi connectivity index (χ1) is 15.8.